The maximum atomic E-state index is 11.8. The number of benzene rings is 2. The van der Waals surface area contributed by atoms with Crippen LogP contribution >= 0.6 is 27.5 Å². The molecule has 2 rings (SSSR count). The molecule has 0 unspecified atom stereocenters. The molecule has 2 N–H and O–H groups in total. The number of nitrogens with one attached hydrogen (secondary N) is 2. The van der Waals surface area contributed by atoms with Gasteiger partial charge in [0.25, 0.3) is 5.91 Å². The summed E-state index contributed by atoms with van der Waals surface area (Å²) in [6, 6.07) is 14.9. The maximum absolute atomic E-state index is 11.8. The molecule has 2 aromatic carbocycles. The van der Waals surface area contributed by atoms with Gasteiger partial charge < -0.3 is 5.32 Å². The molecule has 114 valence electrons. The molecule has 0 radical (unpaired) electrons. The summed E-state index contributed by atoms with van der Waals surface area (Å²) in [6.45, 7) is 1.98. The number of hydrazone groups is 1. The van der Waals surface area contributed by atoms with E-state index in [0.29, 0.717) is 5.02 Å². The second-order valence-electron chi connectivity index (χ2n) is 4.60. The number of anilines is 1. The Kier molecular flexibility index (Phi) is 5.98. The summed E-state index contributed by atoms with van der Waals surface area (Å²) in [5.74, 6) is -0.216. The van der Waals surface area contributed by atoms with Gasteiger partial charge in [0, 0.05) is 15.2 Å². The zero-order valence-corrected chi connectivity index (χ0v) is 14.3. The average molecular weight is 381 g/mol. The van der Waals surface area contributed by atoms with Crippen molar-refractivity contribution in [2.45, 2.75) is 6.92 Å². The highest BCUT2D eigenvalue weighted by atomic mass is 79.9. The summed E-state index contributed by atoms with van der Waals surface area (Å²) in [4.78, 5) is 11.8. The van der Waals surface area contributed by atoms with E-state index in [2.05, 4.69) is 31.8 Å². The van der Waals surface area contributed by atoms with E-state index in [-0.39, 0.29) is 12.5 Å². The summed E-state index contributed by atoms with van der Waals surface area (Å²) in [7, 11) is 0. The van der Waals surface area contributed by atoms with E-state index in [4.69, 9.17) is 11.6 Å². The second kappa shape index (κ2) is 7.96. The van der Waals surface area contributed by atoms with Crippen LogP contribution in [0.15, 0.2) is 58.1 Å². The molecule has 0 saturated carbocycles. The Balaban J connectivity index is 1.85. The predicted octanol–water partition coefficient (Wildman–Crippen LogP) is 4.05. The van der Waals surface area contributed by atoms with Gasteiger partial charge in [-0.1, -0.05) is 39.7 Å². The van der Waals surface area contributed by atoms with E-state index < -0.39 is 0 Å². The number of carbonyl (C=O) groups is 1. The molecule has 0 bridgehead atoms. The topological polar surface area (TPSA) is 53.5 Å². The normalized spacial score (nSPS) is 11.1. The van der Waals surface area contributed by atoms with Crippen LogP contribution in [0.25, 0.3) is 0 Å². The van der Waals surface area contributed by atoms with Crippen molar-refractivity contribution in [2.24, 2.45) is 5.10 Å². The molecule has 0 spiro atoms. The second-order valence-corrected chi connectivity index (χ2v) is 5.95. The lowest BCUT2D eigenvalue weighted by Crippen LogP contribution is -2.26. The van der Waals surface area contributed by atoms with Crippen LogP contribution in [-0.4, -0.2) is 18.2 Å². The van der Waals surface area contributed by atoms with E-state index in [1.54, 1.807) is 12.1 Å². The maximum Gasteiger partial charge on any atom is 0.259 e. The van der Waals surface area contributed by atoms with Crippen molar-refractivity contribution in [1.82, 2.24) is 5.43 Å². The van der Waals surface area contributed by atoms with Crippen LogP contribution in [0.5, 0.6) is 0 Å². The molecular formula is C16H15BrClN3O. The van der Waals surface area contributed by atoms with E-state index in [1.807, 2.05) is 43.3 Å². The van der Waals surface area contributed by atoms with Crippen LogP contribution in [0.2, 0.25) is 5.02 Å². The van der Waals surface area contributed by atoms with E-state index in [9.17, 15) is 4.79 Å². The van der Waals surface area contributed by atoms with Crippen molar-refractivity contribution in [2.75, 3.05) is 11.9 Å². The lowest BCUT2D eigenvalue weighted by atomic mass is 10.1. The van der Waals surface area contributed by atoms with E-state index in [0.717, 1.165) is 21.4 Å². The Morgan fingerprint density at radius 1 is 1.14 bits per heavy atom. The first-order chi connectivity index (χ1) is 10.5. The number of nitrogens with zero attached hydrogens (tertiary/aromatic N) is 1. The highest BCUT2D eigenvalue weighted by Gasteiger charge is 2.02. The molecule has 0 atom stereocenters. The number of amides is 1. The van der Waals surface area contributed by atoms with Crippen LogP contribution in [0.4, 0.5) is 5.69 Å². The van der Waals surface area contributed by atoms with Crippen molar-refractivity contribution < 1.29 is 4.79 Å². The van der Waals surface area contributed by atoms with Gasteiger partial charge in [-0.2, -0.15) is 5.10 Å². The van der Waals surface area contributed by atoms with Gasteiger partial charge in [-0.15, -0.1) is 0 Å². The minimum Gasteiger partial charge on any atom is -0.376 e. The molecule has 0 aliphatic rings. The van der Waals surface area contributed by atoms with Crippen molar-refractivity contribution in [1.29, 1.82) is 0 Å². The number of rotatable bonds is 5. The predicted molar refractivity (Wildman–Crippen MR) is 94.4 cm³/mol. The number of hydrogen-bond donors (Lipinski definition) is 2. The zero-order valence-electron chi connectivity index (χ0n) is 11.9. The minimum absolute atomic E-state index is 0.138. The molecule has 0 heterocycles. The summed E-state index contributed by atoms with van der Waals surface area (Å²) in [5, 5.41) is 7.74. The van der Waals surface area contributed by atoms with Crippen LogP contribution in [-0.2, 0) is 4.79 Å². The lowest BCUT2D eigenvalue weighted by Gasteiger charge is -2.06. The third kappa shape index (κ3) is 5.16. The van der Waals surface area contributed by atoms with E-state index in [1.165, 1.54) is 0 Å². The van der Waals surface area contributed by atoms with Crippen molar-refractivity contribution >= 4 is 44.8 Å². The molecular weight excluding hydrogens is 366 g/mol. The SMILES string of the molecule is CC(=NNC(=O)CNc1ccc(Cl)cc1)c1ccc(Br)cc1. The molecule has 0 saturated heterocycles. The van der Waals surface area contributed by atoms with Gasteiger partial charge in [0.2, 0.25) is 0 Å². The van der Waals surface area contributed by atoms with Gasteiger partial charge in [-0.3, -0.25) is 4.79 Å². The summed E-state index contributed by atoms with van der Waals surface area (Å²) in [5.41, 5.74) is 5.05. The highest BCUT2D eigenvalue weighted by Crippen LogP contribution is 2.13. The lowest BCUT2D eigenvalue weighted by molar-refractivity contribution is -0.119. The zero-order chi connectivity index (χ0) is 15.9. The summed E-state index contributed by atoms with van der Waals surface area (Å²) < 4.78 is 1.00. The number of carbonyl (C=O) groups excluding carboxylic acids is 1. The molecule has 4 nitrogen and oxygen atoms in total. The molecule has 6 heteroatoms. The first-order valence-corrected chi connectivity index (χ1v) is 7.80. The molecule has 0 aliphatic heterocycles. The van der Waals surface area contributed by atoms with Gasteiger partial charge in [-0.05, 0) is 48.9 Å². The fourth-order valence-corrected chi connectivity index (χ4v) is 2.08. The van der Waals surface area contributed by atoms with Crippen LogP contribution in [0.3, 0.4) is 0 Å². The number of halogens is 2. The first-order valence-electron chi connectivity index (χ1n) is 6.63. The monoisotopic (exact) mass is 379 g/mol. The van der Waals surface area contributed by atoms with Crippen LogP contribution < -0.4 is 10.7 Å². The quantitative estimate of drug-likeness (QED) is 0.607. The van der Waals surface area contributed by atoms with Crippen molar-refractivity contribution in [3.05, 3.63) is 63.6 Å². The molecule has 22 heavy (non-hydrogen) atoms. The fraction of sp³-hybridized carbons (Fsp3) is 0.125. The standard InChI is InChI=1S/C16H15BrClN3O/c1-11(12-2-4-13(17)5-3-12)20-21-16(22)10-19-15-8-6-14(18)7-9-15/h2-9,19H,10H2,1H3,(H,21,22). The molecule has 0 fully saturated rings. The van der Waals surface area contributed by atoms with Crippen molar-refractivity contribution in [3.8, 4) is 0 Å². The van der Waals surface area contributed by atoms with Crippen LogP contribution in [0, 0.1) is 0 Å². The third-order valence-corrected chi connectivity index (χ3v) is 3.69. The van der Waals surface area contributed by atoms with Crippen LogP contribution in [0.1, 0.15) is 12.5 Å². The van der Waals surface area contributed by atoms with Gasteiger partial charge in [0.1, 0.15) is 0 Å². The fourth-order valence-electron chi connectivity index (χ4n) is 1.69. The Labute approximate surface area is 142 Å². The highest BCUT2D eigenvalue weighted by molar-refractivity contribution is 9.10. The Morgan fingerprint density at radius 2 is 1.77 bits per heavy atom. The smallest absolute Gasteiger partial charge is 0.259 e. The van der Waals surface area contributed by atoms with E-state index >= 15 is 0 Å². The largest absolute Gasteiger partial charge is 0.376 e. The van der Waals surface area contributed by atoms with Gasteiger partial charge >= 0.3 is 0 Å². The van der Waals surface area contributed by atoms with Gasteiger partial charge in [-0.25, -0.2) is 5.43 Å². The Bertz CT molecular complexity index is 669. The van der Waals surface area contributed by atoms with Gasteiger partial charge in [0.05, 0.1) is 12.3 Å². The van der Waals surface area contributed by atoms with Gasteiger partial charge in [0.15, 0.2) is 0 Å². The molecule has 2 aromatic rings. The molecule has 0 aromatic heterocycles. The summed E-state index contributed by atoms with van der Waals surface area (Å²) in [6.07, 6.45) is 0. The average Bonchev–Trinajstić information content (AvgIpc) is 2.52. The first kappa shape index (κ1) is 16.5. The molecule has 0 aliphatic carbocycles. The summed E-state index contributed by atoms with van der Waals surface area (Å²) >= 11 is 9.18. The Morgan fingerprint density at radius 3 is 2.41 bits per heavy atom. The van der Waals surface area contributed by atoms with Crippen molar-refractivity contribution in [3.63, 3.8) is 0 Å². The third-order valence-electron chi connectivity index (χ3n) is 2.91. The Hall–Kier alpha value is -1.85. The number of hydrogen-bond acceptors (Lipinski definition) is 3. The molecule has 1 amide bonds. The minimum atomic E-state index is -0.216.